The fraction of sp³-hybridized carbons (Fsp3) is 0.400. The van der Waals surface area contributed by atoms with Crippen LogP contribution < -0.4 is 15.3 Å². The molecular formula is C15H21N5O4S. The number of aliphatic hydroxyl groups excluding tert-OH is 2. The summed E-state index contributed by atoms with van der Waals surface area (Å²) in [5, 5.41) is 31.1. The Morgan fingerprint density at radius 2 is 2.00 bits per heavy atom. The summed E-state index contributed by atoms with van der Waals surface area (Å²) in [5.41, 5.74) is 5.84. The van der Waals surface area contributed by atoms with Crippen LogP contribution in [0, 0.1) is 17.0 Å². The van der Waals surface area contributed by atoms with Gasteiger partial charge in [-0.05, 0) is 42.0 Å². The number of hydrogen-bond acceptors (Lipinski definition) is 9. The zero-order valence-corrected chi connectivity index (χ0v) is 14.9. The molecule has 0 aliphatic rings. The Labute approximate surface area is 149 Å². The first-order valence-corrected chi connectivity index (χ1v) is 8.45. The number of nitrogens with one attached hydrogen (secondary N) is 1. The summed E-state index contributed by atoms with van der Waals surface area (Å²) in [6.45, 7) is 2.82. The highest BCUT2D eigenvalue weighted by atomic mass is 32.1. The molecule has 0 radical (unpaired) electrons. The lowest BCUT2D eigenvalue weighted by Gasteiger charge is -2.25. The van der Waals surface area contributed by atoms with Crippen LogP contribution in [0.1, 0.15) is 5.56 Å². The van der Waals surface area contributed by atoms with Crippen LogP contribution in [0.3, 0.4) is 0 Å². The third-order valence-electron chi connectivity index (χ3n) is 3.55. The molecule has 9 nitrogen and oxygen atoms in total. The molecular weight excluding hydrogens is 346 g/mol. The van der Waals surface area contributed by atoms with Crippen LogP contribution in [-0.4, -0.2) is 53.5 Å². The van der Waals surface area contributed by atoms with Crippen molar-refractivity contribution in [3.8, 4) is 0 Å². The highest BCUT2D eigenvalue weighted by Gasteiger charge is 2.15. The first-order valence-electron chi connectivity index (χ1n) is 7.64. The fourth-order valence-electron chi connectivity index (χ4n) is 2.31. The van der Waals surface area contributed by atoms with Crippen LogP contribution in [-0.2, 0) is 0 Å². The molecule has 0 saturated heterocycles. The van der Waals surface area contributed by atoms with Crippen LogP contribution in [0.15, 0.2) is 24.4 Å². The molecule has 0 aliphatic carbocycles. The normalized spacial score (nSPS) is 10.6. The van der Waals surface area contributed by atoms with E-state index in [9.17, 15) is 10.1 Å². The molecule has 1 heterocycles. The number of hydrazine groups is 1. The van der Waals surface area contributed by atoms with E-state index < -0.39 is 4.92 Å². The van der Waals surface area contributed by atoms with E-state index in [4.69, 9.17) is 10.2 Å². The van der Waals surface area contributed by atoms with E-state index in [0.29, 0.717) is 18.2 Å². The summed E-state index contributed by atoms with van der Waals surface area (Å²) in [4.78, 5) is 16.2. The number of benzene rings is 1. The van der Waals surface area contributed by atoms with Crippen LogP contribution in [0.4, 0.5) is 21.5 Å². The number of aryl methyl sites for hydroxylation is 1. The Bertz CT molecular complexity index is 718. The van der Waals surface area contributed by atoms with E-state index in [0.717, 1.165) is 28.3 Å². The first kappa shape index (κ1) is 18.9. The molecule has 10 heteroatoms. The molecule has 0 fully saturated rings. The van der Waals surface area contributed by atoms with E-state index in [1.807, 2.05) is 30.0 Å². The van der Waals surface area contributed by atoms with Crippen molar-refractivity contribution >= 4 is 32.8 Å². The van der Waals surface area contributed by atoms with Gasteiger partial charge < -0.3 is 15.1 Å². The SMILES string of the molecule is Cc1cc(N(CCO)CCO)ccc1NN(C)c1ncc([N+](=O)[O-])s1. The smallest absolute Gasteiger partial charge is 0.345 e. The number of thiazole rings is 1. The summed E-state index contributed by atoms with van der Waals surface area (Å²) in [6.07, 6.45) is 1.23. The monoisotopic (exact) mass is 367 g/mol. The van der Waals surface area contributed by atoms with E-state index in [-0.39, 0.29) is 18.2 Å². The van der Waals surface area contributed by atoms with Crippen LogP contribution in [0.25, 0.3) is 0 Å². The molecule has 136 valence electrons. The van der Waals surface area contributed by atoms with Gasteiger partial charge in [-0.3, -0.25) is 20.5 Å². The molecule has 0 unspecified atom stereocenters. The molecule has 0 bridgehead atoms. The van der Waals surface area contributed by atoms with Crippen molar-refractivity contribution in [2.75, 3.05) is 48.7 Å². The summed E-state index contributed by atoms with van der Waals surface area (Å²) in [7, 11) is 1.74. The molecule has 0 saturated carbocycles. The number of rotatable bonds is 9. The summed E-state index contributed by atoms with van der Waals surface area (Å²) >= 11 is 0.985. The number of aromatic nitrogens is 1. The van der Waals surface area contributed by atoms with Gasteiger partial charge >= 0.3 is 5.00 Å². The van der Waals surface area contributed by atoms with Gasteiger partial charge in [0.05, 0.1) is 23.8 Å². The molecule has 2 rings (SSSR count). The van der Waals surface area contributed by atoms with Crippen LogP contribution in [0.5, 0.6) is 0 Å². The zero-order chi connectivity index (χ0) is 18.4. The third kappa shape index (κ3) is 4.78. The number of aliphatic hydroxyl groups is 2. The molecule has 0 spiro atoms. The lowest BCUT2D eigenvalue weighted by Crippen LogP contribution is -2.30. The summed E-state index contributed by atoms with van der Waals surface area (Å²) < 4.78 is 0. The lowest BCUT2D eigenvalue weighted by molar-refractivity contribution is -0.380. The molecule has 1 aromatic heterocycles. The van der Waals surface area contributed by atoms with Crippen molar-refractivity contribution in [2.45, 2.75) is 6.92 Å². The van der Waals surface area contributed by atoms with Crippen LogP contribution >= 0.6 is 11.3 Å². The van der Waals surface area contributed by atoms with Crippen molar-refractivity contribution in [1.29, 1.82) is 0 Å². The van der Waals surface area contributed by atoms with Gasteiger partial charge in [0.2, 0.25) is 5.13 Å². The highest BCUT2D eigenvalue weighted by molar-refractivity contribution is 7.18. The minimum Gasteiger partial charge on any atom is -0.395 e. The van der Waals surface area contributed by atoms with E-state index in [2.05, 4.69) is 10.4 Å². The highest BCUT2D eigenvalue weighted by Crippen LogP contribution is 2.29. The van der Waals surface area contributed by atoms with Gasteiger partial charge in [0, 0.05) is 25.8 Å². The Kier molecular flexibility index (Phi) is 6.51. The molecule has 1 aromatic carbocycles. The third-order valence-corrected chi connectivity index (χ3v) is 4.58. The van der Waals surface area contributed by atoms with Gasteiger partial charge in [0.25, 0.3) is 0 Å². The Hall–Kier alpha value is -2.43. The molecule has 2 aromatic rings. The maximum absolute atomic E-state index is 10.8. The largest absolute Gasteiger partial charge is 0.395 e. The number of nitro groups is 1. The minimum atomic E-state index is -0.466. The zero-order valence-electron chi connectivity index (χ0n) is 14.0. The van der Waals surface area contributed by atoms with Gasteiger partial charge in [0.15, 0.2) is 0 Å². The quantitative estimate of drug-likeness (QED) is 0.452. The van der Waals surface area contributed by atoms with Gasteiger partial charge in [-0.2, -0.15) is 0 Å². The van der Waals surface area contributed by atoms with Crippen molar-refractivity contribution in [1.82, 2.24) is 4.98 Å². The Morgan fingerprint density at radius 3 is 2.52 bits per heavy atom. The van der Waals surface area contributed by atoms with E-state index in [1.165, 1.54) is 6.20 Å². The van der Waals surface area contributed by atoms with Gasteiger partial charge in [-0.15, -0.1) is 0 Å². The van der Waals surface area contributed by atoms with E-state index >= 15 is 0 Å². The second kappa shape index (κ2) is 8.60. The maximum atomic E-state index is 10.8. The minimum absolute atomic E-state index is 0.00458. The maximum Gasteiger partial charge on any atom is 0.345 e. The Balaban J connectivity index is 2.12. The van der Waals surface area contributed by atoms with Crippen LogP contribution in [0.2, 0.25) is 0 Å². The molecule has 25 heavy (non-hydrogen) atoms. The molecule has 0 amide bonds. The fourth-order valence-corrected chi connectivity index (χ4v) is 2.96. The number of hydrogen-bond donors (Lipinski definition) is 3. The topological polar surface area (TPSA) is 115 Å². The van der Waals surface area contributed by atoms with Gasteiger partial charge in [-0.25, -0.2) is 4.98 Å². The van der Waals surface area contributed by atoms with Crippen molar-refractivity contribution in [3.63, 3.8) is 0 Å². The standard InChI is InChI=1S/C15H21N5O4S/c1-11-9-12(19(5-7-21)6-8-22)3-4-13(11)17-18(2)15-16-10-14(25-15)20(23)24/h3-4,9-10,17,21-22H,5-8H2,1-2H3. The predicted molar refractivity (Wildman–Crippen MR) is 98.4 cm³/mol. The summed E-state index contributed by atoms with van der Waals surface area (Å²) in [6, 6.07) is 5.72. The van der Waals surface area contributed by atoms with E-state index in [1.54, 1.807) is 12.1 Å². The Morgan fingerprint density at radius 1 is 1.32 bits per heavy atom. The predicted octanol–water partition coefficient (Wildman–Crippen LogP) is 1.61. The molecule has 3 N–H and O–H groups in total. The summed E-state index contributed by atoms with van der Waals surface area (Å²) in [5.74, 6) is 0. The van der Waals surface area contributed by atoms with Crippen molar-refractivity contribution in [2.24, 2.45) is 0 Å². The molecule has 0 atom stereocenters. The second-order valence-electron chi connectivity index (χ2n) is 5.34. The van der Waals surface area contributed by atoms with Crippen molar-refractivity contribution < 1.29 is 15.1 Å². The number of anilines is 3. The van der Waals surface area contributed by atoms with Gasteiger partial charge in [0.1, 0.15) is 6.20 Å². The van der Waals surface area contributed by atoms with Crippen molar-refractivity contribution in [3.05, 3.63) is 40.1 Å². The average molecular weight is 367 g/mol. The van der Waals surface area contributed by atoms with Gasteiger partial charge in [-0.1, -0.05) is 0 Å². The number of nitrogens with zero attached hydrogens (tertiary/aromatic N) is 4. The second-order valence-corrected chi connectivity index (χ2v) is 6.33. The molecule has 0 aliphatic heterocycles. The first-order chi connectivity index (χ1) is 12.0. The lowest BCUT2D eigenvalue weighted by atomic mass is 10.1. The average Bonchev–Trinajstić information content (AvgIpc) is 3.07.